The smallest absolute Gasteiger partial charge is 0.279 e. The molecule has 3 aromatic heterocycles. The van der Waals surface area contributed by atoms with Gasteiger partial charge in [0.15, 0.2) is 16.6 Å². The van der Waals surface area contributed by atoms with Crippen molar-refractivity contribution in [1.82, 2.24) is 19.9 Å². The van der Waals surface area contributed by atoms with E-state index in [-0.39, 0.29) is 11.6 Å². The lowest BCUT2D eigenvalue weighted by atomic mass is 10.2. The molecule has 0 radical (unpaired) electrons. The highest BCUT2D eigenvalue weighted by atomic mass is 32.1. The monoisotopic (exact) mass is 395 g/mol. The van der Waals surface area contributed by atoms with Crippen molar-refractivity contribution in [3.8, 4) is 5.75 Å². The van der Waals surface area contributed by atoms with Gasteiger partial charge in [-0.25, -0.2) is 9.97 Å². The van der Waals surface area contributed by atoms with Crippen molar-refractivity contribution in [2.45, 2.75) is 26.5 Å². The second-order valence-corrected chi connectivity index (χ2v) is 7.54. The first-order valence-electron chi connectivity index (χ1n) is 9.22. The van der Waals surface area contributed by atoms with Gasteiger partial charge in [-0.1, -0.05) is 6.92 Å². The molecule has 8 heteroatoms. The van der Waals surface area contributed by atoms with E-state index in [1.165, 1.54) is 16.2 Å². The number of ether oxygens (including phenoxy) is 1. The minimum atomic E-state index is -0.316. The van der Waals surface area contributed by atoms with Crippen LogP contribution in [0.3, 0.4) is 0 Å². The van der Waals surface area contributed by atoms with Gasteiger partial charge in [0, 0.05) is 43.0 Å². The fourth-order valence-electron chi connectivity index (χ4n) is 3.05. The van der Waals surface area contributed by atoms with Crippen LogP contribution >= 0.6 is 11.3 Å². The number of likely N-dealkylation sites (N-methyl/N-ethyl adjacent to an activating group) is 1. The van der Waals surface area contributed by atoms with Crippen LogP contribution in [0.1, 0.15) is 33.5 Å². The summed E-state index contributed by atoms with van der Waals surface area (Å²) in [7, 11) is 0. The zero-order chi connectivity index (χ0) is 19.3. The molecule has 1 amide bonds. The molecule has 0 saturated heterocycles. The van der Waals surface area contributed by atoms with Crippen molar-refractivity contribution in [2.75, 3.05) is 18.4 Å². The molecule has 0 saturated carbocycles. The number of hydrogen-bond acceptors (Lipinski definition) is 7. The third-order valence-corrected chi connectivity index (χ3v) is 5.61. The largest absolute Gasteiger partial charge is 0.486 e. The minimum Gasteiger partial charge on any atom is -0.486 e. The van der Waals surface area contributed by atoms with E-state index < -0.39 is 0 Å². The fraction of sp³-hybridized carbons (Fsp3) is 0.300. The predicted octanol–water partition coefficient (Wildman–Crippen LogP) is 3.14. The molecule has 0 unspecified atom stereocenters. The first-order valence-corrected chi connectivity index (χ1v) is 10.0. The number of aromatic nitrogens is 3. The normalized spacial score (nSPS) is 13.8. The minimum absolute atomic E-state index is 0.250. The summed E-state index contributed by atoms with van der Waals surface area (Å²) in [4.78, 5) is 29.2. The molecule has 0 aliphatic carbocycles. The Balaban J connectivity index is 1.46. The molecule has 0 spiro atoms. The van der Waals surface area contributed by atoms with Crippen LogP contribution in [0, 0.1) is 0 Å². The van der Waals surface area contributed by atoms with Crippen LogP contribution in [-0.4, -0.2) is 38.8 Å². The van der Waals surface area contributed by atoms with E-state index in [1.807, 2.05) is 12.1 Å². The highest BCUT2D eigenvalue weighted by Crippen LogP contribution is 2.29. The molecule has 4 heterocycles. The van der Waals surface area contributed by atoms with Gasteiger partial charge in [-0.3, -0.25) is 20.0 Å². The molecule has 28 heavy (non-hydrogen) atoms. The van der Waals surface area contributed by atoms with E-state index in [1.54, 1.807) is 30.7 Å². The van der Waals surface area contributed by atoms with Gasteiger partial charge < -0.3 is 4.74 Å². The van der Waals surface area contributed by atoms with Gasteiger partial charge in [0.1, 0.15) is 6.61 Å². The SMILES string of the molecule is CCN1CCc2nc(NC(=O)c3ncccc3OCc3ccncc3)sc2C1. The second-order valence-electron chi connectivity index (χ2n) is 6.46. The molecule has 0 bridgehead atoms. The Bertz CT molecular complexity index is 960. The van der Waals surface area contributed by atoms with E-state index >= 15 is 0 Å². The summed E-state index contributed by atoms with van der Waals surface area (Å²) in [6.45, 7) is 5.42. The maximum absolute atomic E-state index is 12.8. The lowest BCUT2D eigenvalue weighted by Crippen LogP contribution is -2.29. The van der Waals surface area contributed by atoms with Gasteiger partial charge in [-0.05, 0) is 36.4 Å². The van der Waals surface area contributed by atoms with Crippen molar-refractivity contribution < 1.29 is 9.53 Å². The summed E-state index contributed by atoms with van der Waals surface area (Å²) in [6, 6.07) is 7.24. The number of thiazole rings is 1. The summed E-state index contributed by atoms with van der Waals surface area (Å²) >= 11 is 1.53. The summed E-state index contributed by atoms with van der Waals surface area (Å²) in [5.74, 6) is 0.124. The van der Waals surface area contributed by atoms with Crippen LogP contribution in [0.15, 0.2) is 42.9 Å². The van der Waals surface area contributed by atoms with Crippen molar-refractivity contribution in [2.24, 2.45) is 0 Å². The number of carbonyl (C=O) groups excluding carboxylic acids is 1. The Morgan fingerprint density at radius 3 is 2.96 bits per heavy atom. The molecular weight excluding hydrogens is 374 g/mol. The standard InChI is InChI=1S/C20H21N5O2S/c1-2-25-11-7-15-17(12-25)28-20(23-15)24-19(26)18-16(4-3-8-22-18)27-13-14-5-9-21-10-6-14/h3-6,8-10H,2,7,11-13H2,1H3,(H,23,24,26). The van der Waals surface area contributed by atoms with Crippen LogP contribution in [-0.2, 0) is 19.6 Å². The number of pyridine rings is 2. The van der Waals surface area contributed by atoms with E-state index in [0.29, 0.717) is 17.5 Å². The number of fused-ring (bicyclic) bond motifs is 1. The maximum Gasteiger partial charge on any atom is 0.279 e. The van der Waals surface area contributed by atoms with Gasteiger partial charge >= 0.3 is 0 Å². The summed E-state index contributed by atoms with van der Waals surface area (Å²) in [5.41, 5.74) is 2.30. The van der Waals surface area contributed by atoms with Gasteiger partial charge in [-0.15, -0.1) is 11.3 Å². The molecule has 3 aromatic rings. The zero-order valence-electron chi connectivity index (χ0n) is 15.6. The third kappa shape index (κ3) is 4.18. The van der Waals surface area contributed by atoms with Crippen molar-refractivity contribution in [3.63, 3.8) is 0 Å². The average molecular weight is 395 g/mol. The van der Waals surface area contributed by atoms with Gasteiger partial charge in [-0.2, -0.15) is 0 Å². The number of amides is 1. The Morgan fingerprint density at radius 2 is 2.14 bits per heavy atom. The van der Waals surface area contributed by atoms with Crippen LogP contribution in [0.5, 0.6) is 5.75 Å². The second kappa shape index (κ2) is 8.45. The van der Waals surface area contributed by atoms with Gasteiger partial charge in [0.2, 0.25) is 0 Å². The highest BCUT2D eigenvalue weighted by molar-refractivity contribution is 7.15. The number of nitrogens with zero attached hydrogens (tertiary/aromatic N) is 4. The van der Waals surface area contributed by atoms with Crippen molar-refractivity contribution in [1.29, 1.82) is 0 Å². The molecule has 1 N–H and O–H groups in total. The lowest BCUT2D eigenvalue weighted by molar-refractivity contribution is 0.101. The number of carbonyl (C=O) groups is 1. The molecule has 1 aliphatic rings. The maximum atomic E-state index is 12.8. The number of rotatable bonds is 6. The van der Waals surface area contributed by atoms with Crippen LogP contribution in [0.25, 0.3) is 0 Å². The lowest BCUT2D eigenvalue weighted by Gasteiger charge is -2.23. The highest BCUT2D eigenvalue weighted by Gasteiger charge is 2.22. The van der Waals surface area contributed by atoms with E-state index in [0.717, 1.165) is 37.3 Å². The molecule has 1 aliphatic heterocycles. The average Bonchev–Trinajstić information content (AvgIpc) is 3.14. The number of hydrogen-bond donors (Lipinski definition) is 1. The Hall–Kier alpha value is -2.84. The molecule has 144 valence electrons. The van der Waals surface area contributed by atoms with Crippen LogP contribution in [0.4, 0.5) is 5.13 Å². The van der Waals surface area contributed by atoms with Crippen molar-refractivity contribution >= 4 is 22.4 Å². The predicted molar refractivity (Wildman–Crippen MR) is 108 cm³/mol. The fourth-order valence-corrected chi connectivity index (χ4v) is 4.09. The summed E-state index contributed by atoms with van der Waals surface area (Å²) in [6.07, 6.45) is 5.92. The Kier molecular flexibility index (Phi) is 5.59. The third-order valence-electron chi connectivity index (χ3n) is 4.61. The topological polar surface area (TPSA) is 80.2 Å². The van der Waals surface area contributed by atoms with E-state index in [9.17, 15) is 4.79 Å². The molecule has 0 fully saturated rings. The van der Waals surface area contributed by atoms with Gasteiger partial charge in [0.25, 0.3) is 5.91 Å². The van der Waals surface area contributed by atoms with Crippen molar-refractivity contribution in [3.05, 3.63) is 64.7 Å². The molecule has 4 rings (SSSR count). The van der Waals surface area contributed by atoms with Crippen LogP contribution < -0.4 is 10.1 Å². The Morgan fingerprint density at radius 1 is 1.29 bits per heavy atom. The summed E-state index contributed by atoms with van der Waals surface area (Å²) < 4.78 is 5.82. The number of anilines is 1. The summed E-state index contributed by atoms with van der Waals surface area (Å²) in [5, 5.41) is 3.49. The Labute approximate surface area is 167 Å². The molecular formula is C20H21N5O2S. The number of nitrogens with one attached hydrogen (secondary N) is 1. The molecule has 0 atom stereocenters. The van der Waals surface area contributed by atoms with Crippen LogP contribution in [0.2, 0.25) is 0 Å². The van der Waals surface area contributed by atoms with E-state index in [2.05, 4.69) is 32.1 Å². The first-order chi connectivity index (χ1) is 13.7. The molecule has 0 aromatic carbocycles. The first kappa shape index (κ1) is 18.5. The van der Waals surface area contributed by atoms with Gasteiger partial charge in [0.05, 0.1) is 5.69 Å². The molecule has 7 nitrogen and oxygen atoms in total. The van der Waals surface area contributed by atoms with E-state index in [4.69, 9.17) is 4.74 Å². The zero-order valence-corrected chi connectivity index (χ0v) is 16.4. The quantitative estimate of drug-likeness (QED) is 0.691.